The van der Waals surface area contributed by atoms with Crippen LogP contribution in [0.1, 0.15) is 23.1 Å². The molecule has 25 heavy (non-hydrogen) atoms. The SMILES string of the molecule is COc1cccc([C@@H]2CN(Cc3n[nH]c(C)n3)C[C@H]2C(=O)O)c1OC. The van der Waals surface area contributed by atoms with E-state index in [1.165, 1.54) is 0 Å². The number of nitrogens with one attached hydrogen (secondary N) is 1. The Hall–Kier alpha value is -2.61. The van der Waals surface area contributed by atoms with E-state index in [0.717, 1.165) is 11.4 Å². The molecule has 1 aromatic carbocycles. The molecular weight excluding hydrogens is 324 g/mol. The predicted molar refractivity (Wildman–Crippen MR) is 89.8 cm³/mol. The van der Waals surface area contributed by atoms with Crippen LogP contribution in [0.25, 0.3) is 0 Å². The van der Waals surface area contributed by atoms with E-state index in [1.54, 1.807) is 20.3 Å². The minimum Gasteiger partial charge on any atom is -0.493 e. The van der Waals surface area contributed by atoms with E-state index in [0.29, 0.717) is 37.0 Å². The van der Waals surface area contributed by atoms with Gasteiger partial charge in [-0.15, -0.1) is 0 Å². The Morgan fingerprint density at radius 3 is 2.76 bits per heavy atom. The Bertz CT molecular complexity index is 761. The van der Waals surface area contributed by atoms with Crippen molar-refractivity contribution in [2.24, 2.45) is 5.92 Å². The third-order valence-corrected chi connectivity index (χ3v) is 4.55. The molecule has 2 aromatic rings. The van der Waals surface area contributed by atoms with Gasteiger partial charge in [-0.1, -0.05) is 12.1 Å². The predicted octanol–water partition coefficient (Wildman–Crippen LogP) is 1.43. The molecule has 1 aromatic heterocycles. The summed E-state index contributed by atoms with van der Waals surface area (Å²) in [7, 11) is 3.14. The number of aliphatic carboxylic acids is 1. The minimum atomic E-state index is -0.816. The van der Waals surface area contributed by atoms with Crippen molar-refractivity contribution in [3.05, 3.63) is 35.4 Å². The lowest BCUT2D eigenvalue weighted by atomic mass is 9.88. The van der Waals surface area contributed by atoms with Gasteiger partial charge >= 0.3 is 5.97 Å². The molecule has 0 aliphatic carbocycles. The van der Waals surface area contributed by atoms with Crippen molar-refractivity contribution in [2.45, 2.75) is 19.4 Å². The van der Waals surface area contributed by atoms with Crippen LogP contribution in [0.2, 0.25) is 0 Å². The smallest absolute Gasteiger partial charge is 0.308 e. The Morgan fingerprint density at radius 1 is 1.36 bits per heavy atom. The average Bonchev–Trinajstić information content (AvgIpc) is 3.20. The molecule has 8 heteroatoms. The summed E-state index contributed by atoms with van der Waals surface area (Å²) in [5.41, 5.74) is 0.850. The molecule has 2 heterocycles. The molecular formula is C17H22N4O4. The van der Waals surface area contributed by atoms with Crippen LogP contribution in [-0.4, -0.2) is 58.5 Å². The molecule has 1 aliphatic heterocycles. The van der Waals surface area contributed by atoms with E-state index in [2.05, 4.69) is 20.1 Å². The number of nitrogens with zero attached hydrogens (tertiary/aromatic N) is 3. The van der Waals surface area contributed by atoms with Crippen LogP contribution in [0.4, 0.5) is 0 Å². The summed E-state index contributed by atoms with van der Waals surface area (Å²) in [4.78, 5) is 18.2. The molecule has 134 valence electrons. The van der Waals surface area contributed by atoms with Crippen molar-refractivity contribution in [1.82, 2.24) is 20.1 Å². The summed E-state index contributed by atoms with van der Waals surface area (Å²) >= 11 is 0. The van der Waals surface area contributed by atoms with Gasteiger partial charge in [0.05, 0.1) is 26.7 Å². The Kier molecular flexibility index (Phi) is 4.89. The number of carboxylic acids is 1. The summed E-state index contributed by atoms with van der Waals surface area (Å²) in [5, 5.41) is 16.6. The third-order valence-electron chi connectivity index (χ3n) is 4.55. The first-order valence-corrected chi connectivity index (χ1v) is 8.07. The number of carboxylic acid groups (broad SMARTS) is 1. The van der Waals surface area contributed by atoms with E-state index in [-0.39, 0.29) is 5.92 Å². The van der Waals surface area contributed by atoms with Crippen LogP contribution in [0, 0.1) is 12.8 Å². The summed E-state index contributed by atoms with van der Waals surface area (Å²) in [6, 6.07) is 5.57. The van der Waals surface area contributed by atoms with Gasteiger partial charge in [0, 0.05) is 24.6 Å². The van der Waals surface area contributed by atoms with Crippen LogP contribution >= 0.6 is 0 Å². The van der Waals surface area contributed by atoms with Crippen LogP contribution in [0.15, 0.2) is 18.2 Å². The first-order chi connectivity index (χ1) is 12.0. The fourth-order valence-electron chi connectivity index (χ4n) is 3.44. The minimum absolute atomic E-state index is 0.192. The Labute approximate surface area is 145 Å². The zero-order chi connectivity index (χ0) is 18.0. The molecule has 0 saturated carbocycles. The van der Waals surface area contributed by atoms with Crippen molar-refractivity contribution in [3.63, 3.8) is 0 Å². The molecule has 0 unspecified atom stereocenters. The average molecular weight is 346 g/mol. The van der Waals surface area contributed by atoms with Crippen LogP contribution in [0.5, 0.6) is 11.5 Å². The van der Waals surface area contributed by atoms with Gasteiger partial charge in [-0.3, -0.25) is 14.8 Å². The summed E-state index contributed by atoms with van der Waals surface area (Å²) in [5.74, 6) is 1.08. The molecule has 1 saturated heterocycles. The van der Waals surface area contributed by atoms with Crippen LogP contribution in [0.3, 0.4) is 0 Å². The largest absolute Gasteiger partial charge is 0.493 e. The number of likely N-dealkylation sites (tertiary alicyclic amines) is 1. The number of benzene rings is 1. The number of aromatic amines is 1. The monoisotopic (exact) mass is 346 g/mol. The highest BCUT2D eigenvalue weighted by Crippen LogP contribution is 2.42. The zero-order valence-electron chi connectivity index (χ0n) is 14.5. The van der Waals surface area contributed by atoms with Gasteiger partial charge < -0.3 is 14.6 Å². The molecule has 0 bridgehead atoms. The number of hydrogen-bond acceptors (Lipinski definition) is 6. The second-order valence-corrected chi connectivity index (χ2v) is 6.17. The van der Waals surface area contributed by atoms with E-state index in [9.17, 15) is 9.90 Å². The maximum absolute atomic E-state index is 11.8. The number of H-pyrrole nitrogens is 1. The third kappa shape index (κ3) is 3.43. The molecule has 3 rings (SSSR count). The highest BCUT2D eigenvalue weighted by molar-refractivity contribution is 5.73. The lowest BCUT2D eigenvalue weighted by Crippen LogP contribution is -2.23. The highest BCUT2D eigenvalue weighted by atomic mass is 16.5. The van der Waals surface area contributed by atoms with Gasteiger partial charge in [-0.05, 0) is 13.0 Å². The molecule has 1 fully saturated rings. The van der Waals surface area contributed by atoms with Crippen molar-refractivity contribution in [1.29, 1.82) is 0 Å². The van der Waals surface area contributed by atoms with Crippen molar-refractivity contribution in [3.8, 4) is 11.5 Å². The number of hydrogen-bond donors (Lipinski definition) is 2. The number of aryl methyl sites for hydroxylation is 1. The van der Waals surface area contributed by atoms with Gasteiger partial charge in [-0.25, -0.2) is 4.98 Å². The maximum atomic E-state index is 11.8. The van der Waals surface area contributed by atoms with E-state index in [4.69, 9.17) is 9.47 Å². The van der Waals surface area contributed by atoms with Crippen molar-refractivity contribution < 1.29 is 19.4 Å². The number of methoxy groups -OCH3 is 2. The van der Waals surface area contributed by atoms with Gasteiger partial charge in [0.2, 0.25) is 0 Å². The molecule has 2 N–H and O–H groups in total. The lowest BCUT2D eigenvalue weighted by Gasteiger charge is -2.20. The molecule has 0 radical (unpaired) electrons. The number of carbonyl (C=O) groups is 1. The molecule has 0 amide bonds. The second-order valence-electron chi connectivity index (χ2n) is 6.17. The number of rotatable bonds is 6. The van der Waals surface area contributed by atoms with Crippen molar-refractivity contribution in [2.75, 3.05) is 27.3 Å². The normalized spacial score (nSPS) is 20.6. The van der Waals surface area contributed by atoms with E-state index >= 15 is 0 Å². The summed E-state index contributed by atoms with van der Waals surface area (Å²) < 4.78 is 10.8. The standard InChI is InChI=1S/C17H22N4O4/c1-10-18-15(20-19-10)9-21-7-12(13(8-21)17(22)23)11-5-4-6-14(24-2)16(11)25-3/h4-6,12-13H,7-9H2,1-3H3,(H,22,23)(H,18,19,20)/t12-,13+/m0/s1. The number of para-hydroxylation sites is 1. The first kappa shape index (κ1) is 17.2. The van der Waals surface area contributed by atoms with Crippen molar-refractivity contribution >= 4 is 5.97 Å². The lowest BCUT2D eigenvalue weighted by molar-refractivity contribution is -0.141. The summed E-state index contributed by atoms with van der Waals surface area (Å²) in [6.45, 7) is 3.38. The fourth-order valence-corrected chi connectivity index (χ4v) is 3.44. The zero-order valence-corrected chi connectivity index (χ0v) is 14.5. The fraction of sp³-hybridized carbons (Fsp3) is 0.471. The van der Waals surface area contributed by atoms with Crippen LogP contribution < -0.4 is 9.47 Å². The van der Waals surface area contributed by atoms with Gasteiger partial charge in [0.25, 0.3) is 0 Å². The molecule has 8 nitrogen and oxygen atoms in total. The van der Waals surface area contributed by atoms with Gasteiger partial charge in [0.15, 0.2) is 17.3 Å². The second kappa shape index (κ2) is 7.10. The van der Waals surface area contributed by atoms with E-state index < -0.39 is 11.9 Å². The number of ether oxygens (including phenoxy) is 2. The maximum Gasteiger partial charge on any atom is 0.308 e. The van der Waals surface area contributed by atoms with Crippen LogP contribution in [-0.2, 0) is 11.3 Å². The Morgan fingerprint density at radius 2 is 2.16 bits per heavy atom. The molecule has 2 atom stereocenters. The molecule has 0 spiro atoms. The Balaban J connectivity index is 1.88. The number of aromatic nitrogens is 3. The van der Waals surface area contributed by atoms with Gasteiger partial charge in [-0.2, -0.15) is 5.10 Å². The van der Waals surface area contributed by atoms with Gasteiger partial charge in [0.1, 0.15) is 5.82 Å². The highest BCUT2D eigenvalue weighted by Gasteiger charge is 2.40. The van der Waals surface area contributed by atoms with E-state index in [1.807, 2.05) is 19.1 Å². The molecule has 1 aliphatic rings. The first-order valence-electron chi connectivity index (χ1n) is 8.07. The topological polar surface area (TPSA) is 101 Å². The quantitative estimate of drug-likeness (QED) is 0.816. The summed E-state index contributed by atoms with van der Waals surface area (Å²) in [6.07, 6.45) is 0.